The minimum atomic E-state index is -4.37. The number of nitrogens with zero attached hydrogens (tertiary/aromatic N) is 2. The van der Waals surface area contributed by atoms with Gasteiger partial charge in [0.15, 0.2) is 0 Å². The number of benzene rings is 1. The van der Waals surface area contributed by atoms with Crippen LogP contribution in [0, 0.1) is 0 Å². The zero-order valence-electron chi connectivity index (χ0n) is 12.7. The quantitative estimate of drug-likeness (QED) is 0.911. The Kier molecular flexibility index (Phi) is 4.22. The summed E-state index contributed by atoms with van der Waals surface area (Å²) in [5, 5.41) is 0. The fraction of sp³-hybridized carbons (Fsp3) is 0.600. The van der Waals surface area contributed by atoms with Crippen LogP contribution < -0.4 is 10.6 Å². The first kappa shape index (κ1) is 16.1. The lowest BCUT2D eigenvalue weighted by molar-refractivity contribution is -0.138. The molecule has 1 aliphatic rings. The second-order valence-electron chi connectivity index (χ2n) is 6.20. The lowest BCUT2D eigenvalue weighted by atomic mass is 9.98. The summed E-state index contributed by atoms with van der Waals surface area (Å²) in [5.41, 5.74) is 5.48. The Hall–Kier alpha value is -1.27. The first-order valence-corrected chi connectivity index (χ1v) is 7.01. The van der Waals surface area contributed by atoms with Crippen LogP contribution in [0.25, 0.3) is 0 Å². The molecule has 0 radical (unpaired) electrons. The maximum absolute atomic E-state index is 13.1. The number of likely N-dealkylation sites (N-methyl/N-ethyl adjacent to an activating group) is 1. The summed E-state index contributed by atoms with van der Waals surface area (Å²) in [6.45, 7) is 6.33. The van der Waals surface area contributed by atoms with Crippen LogP contribution in [0.5, 0.6) is 0 Å². The molecule has 1 heterocycles. The molecule has 2 rings (SSSR count). The Morgan fingerprint density at radius 3 is 2.43 bits per heavy atom. The van der Waals surface area contributed by atoms with E-state index in [2.05, 4.69) is 18.7 Å². The van der Waals surface area contributed by atoms with E-state index in [4.69, 9.17) is 5.73 Å². The van der Waals surface area contributed by atoms with Gasteiger partial charge < -0.3 is 10.6 Å². The number of hydrogen-bond donors (Lipinski definition) is 1. The second kappa shape index (κ2) is 5.50. The van der Waals surface area contributed by atoms with Crippen LogP contribution in [-0.2, 0) is 12.7 Å². The van der Waals surface area contributed by atoms with Gasteiger partial charge in [0.05, 0.1) is 5.56 Å². The van der Waals surface area contributed by atoms with Crippen molar-refractivity contribution in [1.29, 1.82) is 0 Å². The average Bonchev–Trinajstić information content (AvgIpc) is 2.40. The largest absolute Gasteiger partial charge is 0.416 e. The van der Waals surface area contributed by atoms with E-state index in [1.807, 2.05) is 11.9 Å². The molecule has 0 aliphatic carbocycles. The van der Waals surface area contributed by atoms with Crippen molar-refractivity contribution in [1.82, 2.24) is 4.90 Å². The molecule has 1 aromatic rings. The van der Waals surface area contributed by atoms with Gasteiger partial charge in [-0.1, -0.05) is 6.07 Å². The predicted octanol–water partition coefficient (Wildman–Crippen LogP) is 2.69. The summed E-state index contributed by atoms with van der Waals surface area (Å²) in [7, 11) is 2.04. The molecular formula is C15H22F3N3. The molecular weight excluding hydrogens is 279 g/mol. The van der Waals surface area contributed by atoms with E-state index < -0.39 is 11.7 Å². The van der Waals surface area contributed by atoms with Crippen molar-refractivity contribution >= 4 is 5.69 Å². The second-order valence-corrected chi connectivity index (χ2v) is 6.20. The summed E-state index contributed by atoms with van der Waals surface area (Å²) in [5.74, 6) is 0. The standard InChI is InChI=1S/C15H22F3N3/c1-14(2)10-21(7-6-20(14)3)12-5-4-11(9-19)13(8-12)15(16,17)18/h4-5,8H,6-7,9-10,19H2,1-3H3. The summed E-state index contributed by atoms with van der Waals surface area (Å²) in [6, 6.07) is 4.45. The minimum Gasteiger partial charge on any atom is -0.368 e. The van der Waals surface area contributed by atoms with Crippen molar-refractivity contribution in [2.24, 2.45) is 5.73 Å². The highest BCUT2D eigenvalue weighted by Crippen LogP contribution is 2.35. The Morgan fingerprint density at radius 2 is 1.90 bits per heavy atom. The van der Waals surface area contributed by atoms with Crippen molar-refractivity contribution in [2.45, 2.75) is 32.1 Å². The molecule has 1 aliphatic heterocycles. The maximum atomic E-state index is 13.1. The molecule has 1 aromatic carbocycles. The Morgan fingerprint density at radius 1 is 1.24 bits per heavy atom. The fourth-order valence-corrected chi connectivity index (χ4v) is 2.66. The van der Waals surface area contributed by atoms with E-state index in [1.165, 1.54) is 12.1 Å². The van der Waals surface area contributed by atoms with Crippen LogP contribution in [0.15, 0.2) is 18.2 Å². The smallest absolute Gasteiger partial charge is 0.368 e. The first-order chi connectivity index (χ1) is 9.65. The van der Waals surface area contributed by atoms with Crippen molar-refractivity contribution in [3.05, 3.63) is 29.3 Å². The van der Waals surface area contributed by atoms with Crippen LogP contribution in [0.4, 0.5) is 18.9 Å². The highest BCUT2D eigenvalue weighted by molar-refractivity contribution is 5.52. The summed E-state index contributed by atoms with van der Waals surface area (Å²) >= 11 is 0. The molecule has 0 atom stereocenters. The Balaban J connectivity index is 2.33. The first-order valence-electron chi connectivity index (χ1n) is 7.01. The zero-order valence-corrected chi connectivity index (χ0v) is 12.7. The van der Waals surface area contributed by atoms with E-state index in [9.17, 15) is 13.2 Å². The Labute approximate surface area is 123 Å². The lowest BCUT2D eigenvalue weighted by Gasteiger charge is -2.46. The van der Waals surface area contributed by atoms with E-state index in [1.54, 1.807) is 6.07 Å². The molecule has 21 heavy (non-hydrogen) atoms. The molecule has 1 saturated heterocycles. The predicted molar refractivity (Wildman–Crippen MR) is 78.3 cm³/mol. The summed E-state index contributed by atoms with van der Waals surface area (Å²) in [6.07, 6.45) is -4.37. The van der Waals surface area contributed by atoms with E-state index in [0.717, 1.165) is 13.1 Å². The Bertz CT molecular complexity index is 511. The minimum absolute atomic E-state index is 0.0663. The highest BCUT2D eigenvalue weighted by atomic mass is 19.4. The number of rotatable bonds is 2. The number of halogens is 3. The van der Waals surface area contributed by atoms with Gasteiger partial charge in [-0.15, -0.1) is 0 Å². The molecule has 118 valence electrons. The molecule has 0 aromatic heterocycles. The average molecular weight is 301 g/mol. The van der Waals surface area contributed by atoms with Gasteiger partial charge in [-0.25, -0.2) is 0 Å². The fourth-order valence-electron chi connectivity index (χ4n) is 2.66. The van der Waals surface area contributed by atoms with Crippen LogP contribution >= 0.6 is 0 Å². The molecule has 0 unspecified atom stereocenters. The molecule has 0 amide bonds. The molecule has 0 bridgehead atoms. The van der Waals surface area contributed by atoms with E-state index >= 15 is 0 Å². The van der Waals surface area contributed by atoms with Gasteiger partial charge in [0.25, 0.3) is 0 Å². The van der Waals surface area contributed by atoms with Crippen molar-refractivity contribution in [3.63, 3.8) is 0 Å². The molecule has 1 fully saturated rings. The van der Waals surface area contributed by atoms with Crippen LogP contribution in [-0.4, -0.2) is 37.1 Å². The van der Waals surface area contributed by atoms with Gasteiger partial charge in [0.2, 0.25) is 0 Å². The van der Waals surface area contributed by atoms with Gasteiger partial charge in [-0.2, -0.15) is 13.2 Å². The van der Waals surface area contributed by atoms with Crippen molar-refractivity contribution in [2.75, 3.05) is 31.6 Å². The third-order valence-electron chi connectivity index (χ3n) is 4.30. The topological polar surface area (TPSA) is 32.5 Å². The summed E-state index contributed by atoms with van der Waals surface area (Å²) in [4.78, 5) is 4.23. The normalized spacial score (nSPS) is 19.9. The van der Waals surface area contributed by atoms with Gasteiger partial charge in [0.1, 0.15) is 0 Å². The third-order valence-corrected chi connectivity index (χ3v) is 4.30. The number of anilines is 1. The monoisotopic (exact) mass is 301 g/mol. The molecule has 2 N–H and O–H groups in total. The van der Waals surface area contributed by atoms with Gasteiger partial charge in [-0.05, 0) is 38.6 Å². The van der Waals surface area contributed by atoms with Crippen molar-refractivity contribution in [3.8, 4) is 0 Å². The number of hydrogen-bond acceptors (Lipinski definition) is 3. The van der Waals surface area contributed by atoms with Gasteiger partial charge in [0, 0.05) is 37.4 Å². The van der Waals surface area contributed by atoms with Crippen LogP contribution in [0.2, 0.25) is 0 Å². The molecule has 0 spiro atoms. The SMILES string of the molecule is CN1CCN(c2ccc(CN)c(C(F)(F)F)c2)CC1(C)C. The molecule has 0 saturated carbocycles. The maximum Gasteiger partial charge on any atom is 0.416 e. The van der Waals surface area contributed by atoms with E-state index in [0.29, 0.717) is 12.2 Å². The third kappa shape index (κ3) is 3.32. The number of piperazine rings is 1. The zero-order chi connectivity index (χ0) is 15.8. The van der Waals surface area contributed by atoms with E-state index in [-0.39, 0.29) is 17.6 Å². The van der Waals surface area contributed by atoms with Crippen LogP contribution in [0.1, 0.15) is 25.0 Å². The number of nitrogens with two attached hydrogens (primary N) is 1. The van der Waals surface area contributed by atoms with Gasteiger partial charge >= 0.3 is 6.18 Å². The highest BCUT2D eigenvalue weighted by Gasteiger charge is 2.35. The van der Waals surface area contributed by atoms with Gasteiger partial charge in [-0.3, -0.25) is 4.90 Å². The number of alkyl halides is 3. The molecule has 6 heteroatoms. The van der Waals surface area contributed by atoms with Crippen molar-refractivity contribution < 1.29 is 13.2 Å². The summed E-state index contributed by atoms with van der Waals surface area (Å²) < 4.78 is 39.3. The lowest BCUT2D eigenvalue weighted by Crippen LogP contribution is -2.57. The van der Waals surface area contributed by atoms with Crippen LogP contribution in [0.3, 0.4) is 0 Å². The molecule has 3 nitrogen and oxygen atoms in total.